The minimum absolute atomic E-state index is 0.103. The molecule has 3 amide bonds. The van der Waals surface area contributed by atoms with Crippen LogP contribution in [-0.4, -0.2) is 63.3 Å². The van der Waals surface area contributed by atoms with Gasteiger partial charge in [-0.15, -0.1) is 0 Å². The topological polar surface area (TPSA) is 93.1 Å². The molecule has 4 aromatic carbocycles. The number of benzene rings is 4. The molecule has 0 saturated carbocycles. The minimum atomic E-state index is -0.913. The van der Waals surface area contributed by atoms with Crippen LogP contribution in [0.15, 0.2) is 115 Å². The van der Waals surface area contributed by atoms with Crippen molar-refractivity contribution in [2.24, 2.45) is 5.92 Å². The fourth-order valence-corrected chi connectivity index (χ4v) is 6.82. The van der Waals surface area contributed by atoms with Gasteiger partial charge in [0.2, 0.25) is 5.91 Å². The third-order valence-corrected chi connectivity index (χ3v) is 9.08. The van der Waals surface area contributed by atoms with Gasteiger partial charge in [-0.05, 0) is 47.1 Å². The van der Waals surface area contributed by atoms with E-state index in [2.05, 4.69) is 17.4 Å². The monoisotopic (exact) mass is 603 g/mol. The van der Waals surface area contributed by atoms with Crippen molar-refractivity contribution in [2.75, 3.05) is 13.1 Å². The van der Waals surface area contributed by atoms with E-state index in [-0.39, 0.29) is 30.9 Å². The third kappa shape index (κ3) is 7.44. The van der Waals surface area contributed by atoms with Crippen molar-refractivity contribution in [3.8, 4) is 0 Å². The van der Waals surface area contributed by atoms with Gasteiger partial charge >= 0.3 is 6.03 Å². The number of hydrogen-bond acceptors (Lipinski definition) is 4. The first-order chi connectivity index (χ1) is 21.9. The fourth-order valence-electron chi connectivity index (χ4n) is 6.82. The highest BCUT2D eigenvalue weighted by Crippen LogP contribution is 2.32. The molecule has 0 aromatic heterocycles. The van der Waals surface area contributed by atoms with Crippen LogP contribution in [0.25, 0.3) is 0 Å². The molecule has 1 heterocycles. The summed E-state index contributed by atoms with van der Waals surface area (Å²) in [5.74, 6) is -0.758. The fraction of sp³-hybridized carbons (Fsp3) is 0.316. The van der Waals surface area contributed by atoms with E-state index in [1.54, 1.807) is 4.90 Å². The molecule has 0 bridgehead atoms. The molecular formula is C38H41N3O4. The Labute approximate surface area is 265 Å². The SMILES string of the molecule is O=C(N[C@H]1c2ccccc2C[C@H]1O)C(Cc1ccccc1)CC(O)CN1C(=O)N(Cc2ccccc2)C[C@@H]1Cc1ccccc1. The highest BCUT2D eigenvalue weighted by Gasteiger charge is 2.39. The predicted molar refractivity (Wildman–Crippen MR) is 174 cm³/mol. The second-order valence-electron chi connectivity index (χ2n) is 12.4. The number of aliphatic hydroxyl groups is 2. The smallest absolute Gasteiger partial charge is 0.320 e. The number of nitrogens with one attached hydrogen (secondary N) is 1. The van der Waals surface area contributed by atoms with E-state index in [1.165, 1.54) is 0 Å². The Balaban J connectivity index is 1.18. The molecule has 1 aliphatic carbocycles. The normalized spacial score (nSPS) is 20.6. The zero-order valence-corrected chi connectivity index (χ0v) is 25.4. The molecule has 45 heavy (non-hydrogen) atoms. The molecule has 2 unspecified atom stereocenters. The van der Waals surface area contributed by atoms with Crippen molar-refractivity contribution in [1.82, 2.24) is 15.1 Å². The van der Waals surface area contributed by atoms with E-state index in [9.17, 15) is 19.8 Å². The maximum absolute atomic E-state index is 13.8. The van der Waals surface area contributed by atoms with Gasteiger partial charge in [-0.1, -0.05) is 115 Å². The lowest BCUT2D eigenvalue weighted by molar-refractivity contribution is -0.127. The van der Waals surface area contributed by atoms with Gasteiger partial charge in [-0.25, -0.2) is 4.79 Å². The molecule has 2 aliphatic rings. The van der Waals surface area contributed by atoms with Crippen molar-refractivity contribution in [3.63, 3.8) is 0 Å². The first kappa shape index (κ1) is 30.6. The van der Waals surface area contributed by atoms with E-state index >= 15 is 0 Å². The van der Waals surface area contributed by atoms with E-state index in [0.717, 1.165) is 27.8 Å². The summed E-state index contributed by atoms with van der Waals surface area (Å²) in [5.41, 5.74) is 5.15. The number of amides is 3. The summed E-state index contributed by atoms with van der Waals surface area (Å²) < 4.78 is 0. The number of hydrogen-bond donors (Lipinski definition) is 3. The molecule has 0 spiro atoms. The largest absolute Gasteiger partial charge is 0.391 e. The highest BCUT2D eigenvalue weighted by atomic mass is 16.3. The Bertz CT molecular complexity index is 1570. The summed E-state index contributed by atoms with van der Waals surface area (Å²) in [4.78, 5) is 31.2. The van der Waals surface area contributed by atoms with Gasteiger partial charge in [-0.2, -0.15) is 0 Å². The predicted octanol–water partition coefficient (Wildman–Crippen LogP) is 4.92. The molecule has 6 rings (SSSR count). The number of nitrogens with zero attached hydrogens (tertiary/aromatic N) is 2. The summed E-state index contributed by atoms with van der Waals surface area (Å²) in [7, 11) is 0. The molecule has 1 fully saturated rings. The summed E-state index contributed by atoms with van der Waals surface area (Å²) >= 11 is 0. The first-order valence-electron chi connectivity index (χ1n) is 15.9. The van der Waals surface area contributed by atoms with E-state index in [1.807, 2.05) is 108 Å². The number of fused-ring (bicyclic) bond motifs is 1. The standard InChI is InChI=1S/C38H41N3O4/c42-33(26-41-32(21-28-14-6-2-7-15-28)25-40(38(41)45)24-29-16-8-3-9-17-29)22-31(20-27-12-4-1-5-13-27)37(44)39-36-34-19-11-10-18-30(34)23-35(36)43/h1-19,31-33,35-36,42-43H,20-26H2,(H,39,44)/t31?,32-,33?,35+,36-/m0/s1. The van der Waals surface area contributed by atoms with Gasteiger partial charge in [-0.3, -0.25) is 4.79 Å². The molecule has 4 aromatic rings. The van der Waals surface area contributed by atoms with Crippen LogP contribution >= 0.6 is 0 Å². The van der Waals surface area contributed by atoms with Crippen molar-refractivity contribution >= 4 is 11.9 Å². The Morgan fingerprint density at radius 1 is 0.822 bits per heavy atom. The van der Waals surface area contributed by atoms with Crippen LogP contribution in [0.4, 0.5) is 4.79 Å². The second kappa shape index (κ2) is 14.1. The molecule has 5 atom stereocenters. The lowest BCUT2D eigenvalue weighted by Gasteiger charge is -2.28. The first-order valence-corrected chi connectivity index (χ1v) is 15.9. The number of carbonyl (C=O) groups is 2. The molecule has 232 valence electrons. The summed E-state index contributed by atoms with van der Waals surface area (Å²) in [6.07, 6.45) is 0.181. The van der Waals surface area contributed by atoms with Gasteiger partial charge < -0.3 is 25.3 Å². The number of urea groups is 1. The van der Waals surface area contributed by atoms with Crippen LogP contribution in [-0.2, 0) is 30.6 Å². The maximum Gasteiger partial charge on any atom is 0.320 e. The van der Waals surface area contributed by atoms with Crippen LogP contribution in [0.3, 0.4) is 0 Å². The van der Waals surface area contributed by atoms with Crippen LogP contribution in [0.5, 0.6) is 0 Å². The highest BCUT2D eigenvalue weighted by molar-refractivity contribution is 5.80. The van der Waals surface area contributed by atoms with Crippen molar-refractivity contribution in [1.29, 1.82) is 0 Å². The van der Waals surface area contributed by atoms with E-state index in [4.69, 9.17) is 0 Å². The van der Waals surface area contributed by atoms with Crippen LogP contribution in [0.1, 0.15) is 40.3 Å². The average molecular weight is 604 g/mol. The Hall–Kier alpha value is -4.46. The second-order valence-corrected chi connectivity index (χ2v) is 12.4. The van der Waals surface area contributed by atoms with Crippen LogP contribution in [0.2, 0.25) is 0 Å². The van der Waals surface area contributed by atoms with Crippen molar-refractivity contribution in [2.45, 2.75) is 56.5 Å². The number of β-amino-alcohol motifs (C(OH)–C–C–N with tert-alkyl or cyclic N) is 1. The van der Waals surface area contributed by atoms with Gasteiger partial charge in [0.05, 0.1) is 24.3 Å². The minimum Gasteiger partial charge on any atom is -0.391 e. The van der Waals surface area contributed by atoms with Gasteiger partial charge in [0.15, 0.2) is 0 Å². The molecule has 7 heteroatoms. The summed E-state index contributed by atoms with van der Waals surface area (Å²) in [6.45, 7) is 1.19. The zero-order valence-electron chi connectivity index (χ0n) is 25.4. The molecule has 7 nitrogen and oxygen atoms in total. The Morgan fingerprint density at radius 2 is 1.42 bits per heavy atom. The van der Waals surface area contributed by atoms with Crippen molar-refractivity contribution in [3.05, 3.63) is 143 Å². The molecule has 1 aliphatic heterocycles. The quantitative estimate of drug-likeness (QED) is 0.214. The zero-order chi connectivity index (χ0) is 31.2. The van der Waals surface area contributed by atoms with Crippen LogP contribution in [0, 0.1) is 5.92 Å². The van der Waals surface area contributed by atoms with Gasteiger partial charge in [0.1, 0.15) is 0 Å². The summed E-state index contributed by atoms with van der Waals surface area (Å²) in [5, 5.41) is 25.4. The van der Waals surface area contributed by atoms with Crippen LogP contribution < -0.4 is 5.32 Å². The lowest BCUT2D eigenvalue weighted by atomic mass is 9.91. The molecule has 1 saturated heterocycles. The molecule has 3 N–H and O–H groups in total. The van der Waals surface area contributed by atoms with Crippen molar-refractivity contribution < 1.29 is 19.8 Å². The maximum atomic E-state index is 13.8. The average Bonchev–Trinajstić information content (AvgIpc) is 3.52. The summed E-state index contributed by atoms with van der Waals surface area (Å²) in [6, 6.07) is 36.9. The molecule has 0 radical (unpaired) electrons. The Morgan fingerprint density at radius 3 is 2.11 bits per heavy atom. The lowest BCUT2D eigenvalue weighted by Crippen LogP contribution is -2.44. The van der Waals surface area contributed by atoms with E-state index in [0.29, 0.717) is 32.4 Å². The number of aliphatic hydroxyl groups excluding tert-OH is 2. The Kier molecular flexibility index (Phi) is 9.58. The third-order valence-electron chi connectivity index (χ3n) is 9.08. The van der Waals surface area contributed by atoms with E-state index < -0.39 is 24.2 Å². The van der Waals surface area contributed by atoms with Gasteiger partial charge in [0.25, 0.3) is 0 Å². The number of rotatable bonds is 12. The van der Waals surface area contributed by atoms with Gasteiger partial charge in [0, 0.05) is 32.0 Å². The molecular weight excluding hydrogens is 562 g/mol. The number of carbonyl (C=O) groups excluding carboxylic acids is 2.